The summed E-state index contributed by atoms with van der Waals surface area (Å²) in [6.07, 6.45) is 2.30. The maximum Gasteiger partial charge on any atom is 0.285 e. The largest absolute Gasteiger partial charge is 0.355 e. The molecule has 142 valence electrons. The summed E-state index contributed by atoms with van der Waals surface area (Å²) in [5.41, 5.74) is 0.607. The van der Waals surface area contributed by atoms with Gasteiger partial charge >= 0.3 is 0 Å². The number of carbonyl (C=O) groups excluding carboxylic acids is 1. The lowest BCUT2D eigenvalue weighted by atomic mass is 9.96. The monoisotopic (exact) mass is 405 g/mol. The zero-order valence-electron chi connectivity index (χ0n) is 14.8. The van der Waals surface area contributed by atoms with Gasteiger partial charge in [0.05, 0.1) is 5.92 Å². The van der Waals surface area contributed by atoms with E-state index in [0.717, 1.165) is 24.3 Å². The second kappa shape index (κ2) is 7.01. The highest BCUT2D eigenvalue weighted by Gasteiger charge is 2.35. The number of nitrogens with one attached hydrogen (secondary N) is 1. The Morgan fingerprint density at radius 1 is 1.33 bits per heavy atom. The Balaban J connectivity index is 1.51. The standard InChI is InChI=1S/C17H19N5O3S2/c1-2-14-19-20-17(26-14)18-16(23)11-6-5-9-22(10-11)15-12-7-3-4-8-13(12)27(24,25)21-15/h3-4,7-8,11H,2,5-6,9-10H2,1H3,(H,18,20,23)/t11-/m0/s1. The van der Waals surface area contributed by atoms with E-state index in [1.807, 2.05) is 11.8 Å². The van der Waals surface area contributed by atoms with Crippen LogP contribution in [0.3, 0.4) is 0 Å². The minimum Gasteiger partial charge on any atom is -0.355 e. The van der Waals surface area contributed by atoms with Crippen LogP contribution in [0.5, 0.6) is 0 Å². The van der Waals surface area contributed by atoms with E-state index in [2.05, 4.69) is 19.9 Å². The van der Waals surface area contributed by atoms with Crippen LogP contribution in [0.2, 0.25) is 0 Å². The summed E-state index contributed by atoms with van der Waals surface area (Å²) in [6.45, 7) is 3.08. The zero-order chi connectivity index (χ0) is 19.0. The molecular formula is C17H19N5O3S2. The molecule has 0 unspecified atom stereocenters. The van der Waals surface area contributed by atoms with Crippen molar-refractivity contribution in [2.75, 3.05) is 18.4 Å². The summed E-state index contributed by atoms with van der Waals surface area (Å²) in [4.78, 5) is 14.8. The Labute approximate surface area is 161 Å². The minimum atomic E-state index is -3.66. The number of amides is 1. The molecule has 1 amide bonds. The van der Waals surface area contributed by atoms with Gasteiger partial charge in [0.25, 0.3) is 10.0 Å². The number of amidine groups is 1. The van der Waals surface area contributed by atoms with Crippen LogP contribution in [-0.4, -0.2) is 48.3 Å². The van der Waals surface area contributed by atoms with Crippen molar-refractivity contribution in [2.24, 2.45) is 10.3 Å². The Bertz CT molecular complexity index is 1020. The maximum atomic E-state index is 12.6. The SMILES string of the molecule is CCc1nnc(NC(=O)[C@H]2CCCN(C3=NS(=O)(=O)c4ccccc43)C2)s1. The van der Waals surface area contributed by atoms with Crippen molar-refractivity contribution in [1.82, 2.24) is 15.1 Å². The third-order valence-corrected chi connectivity index (χ3v) is 7.01. The smallest absolute Gasteiger partial charge is 0.285 e. The van der Waals surface area contributed by atoms with E-state index in [1.54, 1.807) is 24.3 Å². The Hall–Kier alpha value is -2.33. The normalized spacial score (nSPS) is 20.9. The topological polar surface area (TPSA) is 105 Å². The number of aromatic nitrogens is 2. The molecule has 3 heterocycles. The molecule has 2 aliphatic heterocycles. The molecule has 1 N–H and O–H groups in total. The van der Waals surface area contributed by atoms with Crippen LogP contribution in [0.15, 0.2) is 33.6 Å². The van der Waals surface area contributed by atoms with Crippen LogP contribution < -0.4 is 5.32 Å². The number of nitrogens with zero attached hydrogens (tertiary/aromatic N) is 4. The summed E-state index contributed by atoms with van der Waals surface area (Å²) in [7, 11) is -3.66. The number of anilines is 1. The van der Waals surface area contributed by atoms with Crippen LogP contribution in [0.25, 0.3) is 0 Å². The molecule has 0 saturated carbocycles. The van der Waals surface area contributed by atoms with Gasteiger partial charge in [0, 0.05) is 18.7 Å². The van der Waals surface area contributed by atoms with Gasteiger partial charge in [-0.2, -0.15) is 8.42 Å². The van der Waals surface area contributed by atoms with Gasteiger partial charge in [0.15, 0.2) is 5.84 Å². The second-order valence-corrected chi connectivity index (χ2v) is 9.15. The van der Waals surface area contributed by atoms with Crippen molar-refractivity contribution in [3.8, 4) is 0 Å². The molecule has 1 saturated heterocycles. The molecular weight excluding hydrogens is 386 g/mol. The van der Waals surface area contributed by atoms with E-state index in [1.165, 1.54) is 11.3 Å². The molecule has 0 spiro atoms. The molecule has 0 aliphatic carbocycles. The number of rotatable bonds is 3. The summed E-state index contributed by atoms with van der Waals surface area (Å²) < 4.78 is 28.5. The number of likely N-dealkylation sites (tertiary alicyclic amines) is 1. The first-order valence-corrected chi connectivity index (χ1v) is 11.1. The molecule has 0 bridgehead atoms. The van der Waals surface area contributed by atoms with Gasteiger partial charge in [-0.25, -0.2) is 0 Å². The summed E-state index contributed by atoms with van der Waals surface area (Å²) >= 11 is 1.37. The number of fused-ring (bicyclic) bond motifs is 1. The molecule has 8 nitrogen and oxygen atoms in total. The molecule has 27 heavy (non-hydrogen) atoms. The lowest BCUT2D eigenvalue weighted by Crippen LogP contribution is -2.43. The average molecular weight is 406 g/mol. The number of hydrogen-bond acceptors (Lipinski definition) is 7. The summed E-state index contributed by atoms with van der Waals surface area (Å²) in [6, 6.07) is 6.81. The number of benzene rings is 1. The van der Waals surface area contributed by atoms with E-state index < -0.39 is 10.0 Å². The first-order valence-electron chi connectivity index (χ1n) is 8.80. The van der Waals surface area contributed by atoms with Crippen LogP contribution in [0, 0.1) is 5.92 Å². The Morgan fingerprint density at radius 2 is 2.15 bits per heavy atom. The first-order chi connectivity index (χ1) is 13.0. The number of hydrogen-bond donors (Lipinski definition) is 1. The fourth-order valence-corrected chi connectivity index (χ4v) is 5.26. The van der Waals surface area contributed by atoms with Gasteiger partial charge in [-0.05, 0) is 31.4 Å². The highest BCUT2D eigenvalue weighted by atomic mass is 32.2. The molecule has 2 aromatic rings. The average Bonchev–Trinajstić information content (AvgIpc) is 3.24. The Morgan fingerprint density at radius 3 is 2.93 bits per heavy atom. The Kier molecular flexibility index (Phi) is 4.68. The van der Waals surface area contributed by atoms with E-state index in [-0.39, 0.29) is 16.7 Å². The van der Waals surface area contributed by atoms with Crippen LogP contribution >= 0.6 is 11.3 Å². The van der Waals surface area contributed by atoms with Gasteiger partial charge in [-0.15, -0.1) is 14.6 Å². The molecule has 0 radical (unpaired) electrons. The fraction of sp³-hybridized carbons (Fsp3) is 0.412. The second-order valence-electron chi connectivity index (χ2n) is 6.52. The van der Waals surface area contributed by atoms with E-state index in [0.29, 0.717) is 29.6 Å². The minimum absolute atomic E-state index is 0.117. The van der Waals surface area contributed by atoms with Gasteiger partial charge in [0.2, 0.25) is 11.0 Å². The molecule has 10 heteroatoms. The lowest BCUT2D eigenvalue weighted by Gasteiger charge is -2.33. The molecule has 1 fully saturated rings. The molecule has 2 aliphatic rings. The molecule has 4 rings (SSSR count). The quantitative estimate of drug-likeness (QED) is 0.836. The van der Waals surface area contributed by atoms with Crippen molar-refractivity contribution in [3.05, 3.63) is 34.8 Å². The number of carbonyl (C=O) groups is 1. The third-order valence-electron chi connectivity index (χ3n) is 4.70. The third kappa shape index (κ3) is 3.46. The number of aryl methyl sites for hydroxylation is 1. The van der Waals surface area contributed by atoms with Crippen molar-refractivity contribution in [3.63, 3.8) is 0 Å². The van der Waals surface area contributed by atoms with Crippen LogP contribution in [-0.2, 0) is 21.2 Å². The van der Waals surface area contributed by atoms with E-state index in [4.69, 9.17) is 0 Å². The first kappa shape index (κ1) is 18.1. The highest BCUT2D eigenvalue weighted by molar-refractivity contribution is 7.90. The number of sulfonamides is 1. The molecule has 1 aromatic heterocycles. The van der Waals surface area contributed by atoms with Crippen molar-refractivity contribution < 1.29 is 13.2 Å². The van der Waals surface area contributed by atoms with E-state index in [9.17, 15) is 13.2 Å². The molecule has 1 aromatic carbocycles. The maximum absolute atomic E-state index is 12.6. The van der Waals surface area contributed by atoms with E-state index >= 15 is 0 Å². The van der Waals surface area contributed by atoms with Gasteiger partial charge < -0.3 is 10.2 Å². The predicted octanol–water partition coefficient (Wildman–Crippen LogP) is 1.90. The van der Waals surface area contributed by atoms with Crippen molar-refractivity contribution >= 4 is 38.2 Å². The lowest BCUT2D eigenvalue weighted by molar-refractivity contribution is -0.121. The zero-order valence-corrected chi connectivity index (χ0v) is 16.4. The van der Waals surface area contributed by atoms with Crippen LogP contribution in [0.1, 0.15) is 30.3 Å². The van der Waals surface area contributed by atoms with Crippen molar-refractivity contribution in [2.45, 2.75) is 31.1 Å². The fourth-order valence-electron chi connectivity index (χ4n) is 3.35. The highest BCUT2D eigenvalue weighted by Crippen LogP contribution is 2.30. The molecule has 1 atom stereocenters. The number of piperidine rings is 1. The predicted molar refractivity (Wildman–Crippen MR) is 102 cm³/mol. The van der Waals surface area contributed by atoms with Gasteiger partial charge in [-0.3, -0.25) is 4.79 Å². The summed E-state index contributed by atoms with van der Waals surface area (Å²) in [5.74, 6) is 0.0615. The van der Waals surface area contributed by atoms with Gasteiger partial charge in [-0.1, -0.05) is 30.4 Å². The van der Waals surface area contributed by atoms with Gasteiger partial charge in [0.1, 0.15) is 9.90 Å². The van der Waals surface area contributed by atoms with Crippen LogP contribution in [0.4, 0.5) is 5.13 Å². The van der Waals surface area contributed by atoms with Crippen molar-refractivity contribution in [1.29, 1.82) is 0 Å². The summed E-state index contributed by atoms with van der Waals surface area (Å²) in [5, 5.41) is 12.2.